The molecule has 0 fully saturated rings. The summed E-state index contributed by atoms with van der Waals surface area (Å²) in [5.41, 5.74) is 5.78. The number of methoxy groups -OCH3 is 1. The predicted molar refractivity (Wildman–Crippen MR) is 103 cm³/mol. The molecule has 3 rings (SSSR count). The maximum Gasteiger partial charge on any atom is 0.339 e. The van der Waals surface area contributed by atoms with Crippen LogP contribution in [-0.2, 0) is 4.74 Å². The van der Waals surface area contributed by atoms with Gasteiger partial charge in [-0.3, -0.25) is 5.43 Å². The monoisotopic (exact) mass is 365 g/mol. The Morgan fingerprint density at radius 3 is 2.15 bits per heavy atom. The minimum atomic E-state index is -0.532. The van der Waals surface area contributed by atoms with Gasteiger partial charge in [0.1, 0.15) is 5.82 Å². The molecule has 0 aliphatic carbocycles. The Balaban J connectivity index is 1.96. The molecule has 2 aromatic carbocycles. The number of ether oxygens (including phenoxy) is 1. The van der Waals surface area contributed by atoms with Crippen LogP contribution in [0.15, 0.2) is 78.0 Å². The highest BCUT2D eigenvalue weighted by atomic mass is 35.5. The topological polar surface area (TPSA) is 63.6 Å². The first-order chi connectivity index (χ1) is 12.7. The minimum absolute atomic E-state index is 0.220. The van der Waals surface area contributed by atoms with Gasteiger partial charge in [-0.05, 0) is 6.07 Å². The zero-order valence-electron chi connectivity index (χ0n) is 14.0. The average Bonchev–Trinajstić information content (AvgIpc) is 2.70. The molecule has 0 saturated heterocycles. The molecule has 26 heavy (non-hydrogen) atoms. The van der Waals surface area contributed by atoms with Crippen molar-refractivity contribution in [2.45, 2.75) is 0 Å². The number of hydrazone groups is 1. The Morgan fingerprint density at radius 2 is 1.62 bits per heavy atom. The van der Waals surface area contributed by atoms with Crippen molar-refractivity contribution in [1.82, 2.24) is 4.98 Å². The summed E-state index contributed by atoms with van der Waals surface area (Å²) in [7, 11) is 1.30. The zero-order valence-corrected chi connectivity index (χ0v) is 14.8. The molecule has 0 spiro atoms. The molecule has 0 unspecified atom stereocenters. The highest BCUT2D eigenvalue weighted by Crippen LogP contribution is 2.19. The lowest BCUT2D eigenvalue weighted by Crippen LogP contribution is -2.08. The van der Waals surface area contributed by atoms with E-state index in [1.807, 2.05) is 60.7 Å². The van der Waals surface area contributed by atoms with Crippen LogP contribution in [0.5, 0.6) is 0 Å². The first kappa shape index (κ1) is 17.6. The van der Waals surface area contributed by atoms with Gasteiger partial charge in [0.05, 0.1) is 23.4 Å². The summed E-state index contributed by atoms with van der Waals surface area (Å²) in [4.78, 5) is 15.9. The molecule has 1 heterocycles. The molecule has 130 valence electrons. The molecule has 0 radical (unpaired) electrons. The lowest BCUT2D eigenvalue weighted by molar-refractivity contribution is 0.0601. The number of benzene rings is 2. The third kappa shape index (κ3) is 4.07. The van der Waals surface area contributed by atoms with Crippen molar-refractivity contribution >= 4 is 29.1 Å². The van der Waals surface area contributed by atoms with Crippen LogP contribution in [0.1, 0.15) is 21.5 Å². The normalized spacial score (nSPS) is 10.1. The van der Waals surface area contributed by atoms with Gasteiger partial charge < -0.3 is 4.74 Å². The highest BCUT2D eigenvalue weighted by molar-refractivity contribution is 6.33. The van der Waals surface area contributed by atoms with Crippen LogP contribution in [0.25, 0.3) is 0 Å². The highest BCUT2D eigenvalue weighted by Gasteiger charge is 2.13. The van der Waals surface area contributed by atoms with Crippen molar-refractivity contribution in [2.75, 3.05) is 12.5 Å². The molecule has 0 aliphatic heterocycles. The summed E-state index contributed by atoms with van der Waals surface area (Å²) in [5.74, 6) is -0.144. The van der Waals surface area contributed by atoms with E-state index in [2.05, 4.69) is 15.5 Å². The molecular weight excluding hydrogens is 350 g/mol. The van der Waals surface area contributed by atoms with E-state index < -0.39 is 5.97 Å². The largest absolute Gasteiger partial charge is 0.465 e. The van der Waals surface area contributed by atoms with Crippen LogP contribution in [-0.4, -0.2) is 23.8 Å². The Hall–Kier alpha value is -3.18. The Morgan fingerprint density at radius 1 is 1.04 bits per heavy atom. The average molecular weight is 366 g/mol. The fourth-order valence-corrected chi connectivity index (χ4v) is 2.55. The predicted octanol–water partition coefficient (Wildman–Crippen LogP) is 4.39. The van der Waals surface area contributed by atoms with Gasteiger partial charge in [0.2, 0.25) is 0 Å². The molecule has 0 atom stereocenters. The van der Waals surface area contributed by atoms with E-state index in [0.717, 1.165) is 16.8 Å². The first-order valence-corrected chi connectivity index (χ1v) is 8.25. The van der Waals surface area contributed by atoms with Crippen molar-refractivity contribution in [2.24, 2.45) is 5.10 Å². The number of halogens is 1. The van der Waals surface area contributed by atoms with E-state index in [1.54, 1.807) is 0 Å². The molecule has 0 saturated carbocycles. The third-order valence-corrected chi connectivity index (χ3v) is 3.94. The van der Waals surface area contributed by atoms with Gasteiger partial charge in [-0.2, -0.15) is 5.10 Å². The maximum absolute atomic E-state index is 11.8. The van der Waals surface area contributed by atoms with E-state index >= 15 is 0 Å². The quantitative estimate of drug-likeness (QED) is 0.414. The molecule has 1 aromatic heterocycles. The van der Waals surface area contributed by atoms with E-state index in [-0.39, 0.29) is 10.6 Å². The summed E-state index contributed by atoms with van der Waals surface area (Å²) in [6, 6.07) is 21.1. The second kappa shape index (κ2) is 8.27. The van der Waals surface area contributed by atoms with Gasteiger partial charge in [-0.25, -0.2) is 9.78 Å². The molecule has 0 bridgehead atoms. The summed E-state index contributed by atoms with van der Waals surface area (Å²) in [6.07, 6.45) is 1.39. The molecule has 0 amide bonds. The van der Waals surface area contributed by atoms with Crippen molar-refractivity contribution < 1.29 is 9.53 Å². The summed E-state index contributed by atoms with van der Waals surface area (Å²) >= 11 is 6.00. The number of nitrogens with one attached hydrogen (secondary N) is 1. The van der Waals surface area contributed by atoms with Gasteiger partial charge >= 0.3 is 5.97 Å². The summed E-state index contributed by atoms with van der Waals surface area (Å²) in [6.45, 7) is 0. The van der Waals surface area contributed by atoms with Gasteiger partial charge in [-0.1, -0.05) is 72.3 Å². The summed E-state index contributed by atoms with van der Waals surface area (Å²) < 4.78 is 4.72. The van der Waals surface area contributed by atoms with Gasteiger partial charge in [0.25, 0.3) is 0 Å². The van der Waals surface area contributed by atoms with Crippen LogP contribution >= 0.6 is 11.6 Å². The number of aromatic nitrogens is 1. The van der Waals surface area contributed by atoms with Crippen molar-refractivity contribution in [3.8, 4) is 0 Å². The van der Waals surface area contributed by atoms with Crippen LogP contribution in [0.2, 0.25) is 5.02 Å². The lowest BCUT2D eigenvalue weighted by Gasteiger charge is -2.09. The van der Waals surface area contributed by atoms with Crippen molar-refractivity contribution in [1.29, 1.82) is 0 Å². The minimum Gasteiger partial charge on any atom is -0.465 e. The fourth-order valence-electron chi connectivity index (χ4n) is 2.37. The molecule has 1 N–H and O–H groups in total. The Kier molecular flexibility index (Phi) is 5.61. The number of carbonyl (C=O) groups excluding carboxylic acids is 1. The Labute approximate surface area is 156 Å². The number of rotatable bonds is 5. The van der Waals surface area contributed by atoms with E-state index in [9.17, 15) is 4.79 Å². The zero-order chi connectivity index (χ0) is 18.4. The van der Waals surface area contributed by atoms with Crippen LogP contribution in [0, 0.1) is 0 Å². The second-order valence-electron chi connectivity index (χ2n) is 5.35. The molecule has 3 aromatic rings. The number of hydrogen-bond acceptors (Lipinski definition) is 5. The van der Waals surface area contributed by atoms with Crippen molar-refractivity contribution in [3.63, 3.8) is 0 Å². The summed E-state index contributed by atoms with van der Waals surface area (Å²) in [5, 5.41) is 4.72. The van der Waals surface area contributed by atoms with Gasteiger partial charge in [0.15, 0.2) is 0 Å². The molecular formula is C20H16ClN3O2. The maximum atomic E-state index is 11.8. The number of nitrogens with zero attached hydrogens (tertiary/aromatic N) is 2. The van der Waals surface area contributed by atoms with Gasteiger partial charge in [0, 0.05) is 17.3 Å². The second-order valence-corrected chi connectivity index (χ2v) is 5.75. The van der Waals surface area contributed by atoms with Crippen LogP contribution in [0.4, 0.5) is 5.82 Å². The SMILES string of the molecule is COC(=O)c1cc(NN=C(c2ccccc2)c2ccccc2)ncc1Cl. The molecule has 6 heteroatoms. The molecule has 0 aliphatic rings. The number of esters is 1. The third-order valence-electron chi connectivity index (χ3n) is 3.64. The van der Waals surface area contributed by atoms with Crippen molar-refractivity contribution in [3.05, 3.63) is 94.6 Å². The van der Waals surface area contributed by atoms with E-state index in [0.29, 0.717) is 5.82 Å². The smallest absolute Gasteiger partial charge is 0.339 e. The number of carbonyl (C=O) groups is 1. The standard InChI is InChI=1S/C20H16ClN3O2/c1-26-20(25)16-12-18(22-13-17(16)21)23-24-19(14-8-4-2-5-9-14)15-10-6-3-7-11-15/h2-13H,1H3,(H,22,23). The Bertz CT molecular complexity index is 887. The fraction of sp³-hybridized carbons (Fsp3) is 0.0500. The number of pyridine rings is 1. The van der Waals surface area contributed by atoms with Crippen LogP contribution in [0.3, 0.4) is 0 Å². The van der Waals surface area contributed by atoms with Crippen LogP contribution < -0.4 is 5.43 Å². The van der Waals surface area contributed by atoms with Gasteiger partial charge in [-0.15, -0.1) is 0 Å². The number of hydrogen-bond donors (Lipinski definition) is 1. The van der Waals surface area contributed by atoms with E-state index in [4.69, 9.17) is 16.3 Å². The lowest BCUT2D eigenvalue weighted by atomic mass is 10.0. The van der Waals surface area contributed by atoms with E-state index in [1.165, 1.54) is 19.4 Å². The number of anilines is 1. The molecule has 5 nitrogen and oxygen atoms in total. The first-order valence-electron chi connectivity index (χ1n) is 7.87.